The predicted octanol–water partition coefficient (Wildman–Crippen LogP) is 5.11. The van der Waals surface area contributed by atoms with E-state index in [2.05, 4.69) is 14.7 Å². The van der Waals surface area contributed by atoms with Crippen LogP contribution in [0.25, 0.3) is 0 Å². The van der Waals surface area contributed by atoms with E-state index in [1.807, 2.05) is 0 Å². The molecule has 1 aliphatic carbocycles. The van der Waals surface area contributed by atoms with E-state index in [-0.39, 0.29) is 24.4 Å². The molecule has 3 aliphatic rings. The Morgan fingerprint density at radius 3 is 2.59 bits per heavy atom. The first-order valence-electron chi connectivity index (χ1n) is 8.29. The Balaban J connectivity index is 1.85. The molecule has 1 atom stereocenters. The Bertz CT molecular complexity index is 957. The lowest BCUT2D eigenvalue weighted by Gasteiger charge is -2.37. The van der Waals surface area contributed by atoms with E-state index in [1.165, 1.54) is 12.3 Å². The molecular weight excluding hydrogens is 431 g/mol. The molecule has 0 N–H and O–H groups in total. The van der Waals surface area contributed by atoms with Crippen LogP contribution in [0.15, 0.2) is 40.9 Å². The SMILES string of the molecule is FC(F)OC1=CC(C(F)(F)F)=CN2C[C@@]3(CCC(F)(F)c4c3ccnc4Cl)N=C12. The largest absolute Gasteiger partial charge is 0.431 e. The summed E-state index contributed by atoms with van der Waals surface area (Å²) in [5, 5.41) is -0.442. The molecule has 1 aromatic heterocycles. The summed E-state index contributed by atoms with van der Waals surface area (Å²) in [6.07, 6.45) is -3.45. The topological polar surface area (TPSA) is 37.7 Å². The molecule has 0 unspecified atom stereocenters. The van der Waals surface area contributed by atoms with Crippen molar-refractivity contribution in [2.75, 3.05) is 6.54 Å². The third-order valence-electron chi connectivity index (χ3n) is 4.99. The van der Waals surface area contributed by atoms with Gasteiger partial charge in [-0.15, -0.1) is 0 Å². The molecule has 4 nitrogen and oxygen atoms in total. The number of fused-ring (bicyclic) bond motifs is 3. The van der Waals surface area contributed by atoms with Crippen LogP contribution in [-0.2, 0) is 16.2 Å². The molecule has 1 aromatic rings. The third kappa shape index (κ3) is 3.24. The minimum absolute atomic E-state index is 0.00555. The van der Waals surface area contributed by atoms with Crippen molar-refractivity contribution in [2.24, 2.45) is 4.99 Å². The van der Waals surface area contributed by atoms with Crippen LogP contribution in [0.3, 0.4) is 0 Å². The minimum atomic E-state index is -4.83. The van der Waals surface area contributed by atoms with E-state index in [1.54, 1.807) is 0 Å². The molecule has 0 amide bonds. The van der Waals surface area contributed by atoms with Crippen molar-refractivity contribution in [1.29, 1.82) is 0 Å². The minimum Gasteiger partial charge on any atom is -0.431 e. The van der Waals surface area contributed by atoms with Crippen molar-refractivity contribution < 1.29 is 35.5 Å². The lowest BCUT2D eigenvalue weighted by atomic mass is 9.76. The average molecular weight is 442 g/mol. The van der Waals surface area contributed by atoms with Gasteiger partial charge in [-0.25, -0.2) is 13.8 Å². The first-order chi connectivity index (χ1) is 13.4. The number of aliphatic imine (C=N–C) groups is 1. The smallest absolute Gasteiger partial charge is 0.417 e. The summed E-state index contributed by atoms with van der Waals surface area (Å²) in [5.74, 6) is -4.38. The number of hydrogen-bond donors (Lipinski definition) is 0. The van der Waals surface area contributed by atoms with E-state index < -0.39 is 52.7 Å². The van der Waals surface area contributed by atoms with Crippen molar-refractivity contribution in [3.63, 3.8) is 0 Å². The van der Waals surface area contributed by atoms with E-state index in [9.17, 15) is 30.7 Å². The third-order valence-corrected chi connectivity index (χ3v) is 5.28. The van der Waals surface area contributed by atoms with Gasteiger partial charge >= 0.3 is 12.8 Å². The summed E-state index contributed by atoms with van der Waals surface area (Å²) in [5.41, 5.74) is -3.19. The van der Waals surface area contributed by atoms with Crippen molar-refractivity contribution in [1.82, 2.24) is 9.88 Å². The van der Waals surface area contributed by atoms with Gasteiger partial charge in [0.1, 0.15) is 10.7 Å². The predicted molar refractivity (Wildman–Crippen MR) is 87.5 cm³/mol. The van der Waals surface area contributed by atoms with Crippen LogP contribution in [0.4, 0.5) is 30.7 Å². The zero-order valence-electron chi connectivity index (χ0n) is 14.3. The fourth-order valence-electron chi connectivity index (χ4n) is 3.79. The number of aromatic nitrogens is 1. The maximum absolute atomic E-state index is 14.4. The van der Waals surface area contributed by atoms with Crippen molar-refractivity contribution in [2.45, 2.75) is 37.1 Å². The van der Waals surface area contributed by atoms with E-state index in [4.69, 9.17) is 11.6 Å². The molecular formula is C17H11ClF7N3O. The highest BCUT2D eigenvalue weighted by atomic mass is 35.5. The van der Waals surface area contributed by atoms with Crippen LogP contribution in [0.1, 0.15) is 24.0 Å². The van der Waals surface area contributed by atoms with Crippen molar-refractivity contribution in [3.8, 4) is 0 Å². The Hall–Kier alpha value is -2.30. The van der Waals surface area contributed by atoms with Crippen LogP contribution in [0, 0.1) is 0 Å². The summed E-state index contributed by atoms with van der Waals surface area (Å²) in [7, 11) is 0. The van der Waals surface area contributed by atoms with Gasteiger partial charge in [-0.2, -0.15) is 22.0 Å². The zero-order valence-corrected chi connectivity index (χ0v) is 15.0. The average Bonchev–Trinajstić information content (AvgIpc) is 2.97. The molecule has 0 fully saturated rings. The maximum Gasteiger partial charge on any atom is 0.417 e. The molecule has 3 heterocycles. The van der Waals surface area contributed by atoms with Crippen LogP contribution >= 0.6 is 11.6 Å². The van der Waals surface area contributed by atoms with Gasteiger partial charge in [-0.3, -0.25) is 4.99 Å². The summed E-state index contributed by atoms with van der Waals surface area (Å²) in [4.78, 5) is 8.93. The summed E-state index contributed by atoms with van der Waals surface area (Å²) in [6, 6.07) is 1.27. The van der Waals surface area contributed by atoms with Gasteiger partial charge in [-0.05, 0) is 24.1 Å². The monoisotopic (exact) mass is 441 g/mol. The second-order valence-electron chi connectivity index (χ2n) is 6.79. The van der Waals surface area contributed by atoms with Crippen molar-refractivity contribution in [3.05, 3.63) is 52.2 Å². The number of halogens is 8. The van der Waals surface area contributed by atoms with Crippen LogP contribution < -0.4 is 0 Å². The first-order valence-corrected chi connectivity index (χ1v) is 8.66. The molecule has 4 rings (SSSR count). The normalized spacial score (nSPS) is 25.4. The molecule has 156 valence electrons. The molecule has 2 aliphatic heterocycles. The molecule has 0 aromatic carbocycles. The van der Waals surface area contributed by atoms with Gasteiger partial charge in [0.15, 0.2) is 11.6 Å². The summed E-state index contributed by atoms with van der Waals surface area (Å²) in [6.45, 7) is -3.66. The Kier molecular flexibility index (Phi) is 4.38. The number of hydrogen-bond acceptors (Lipinski definition) is 4. The van der Waals surface area contributed by atoms with Gasteiger partial charge in [0.2, 0.25) is 0 Å². The summed E-state index contributed by atoms with van der Waals surface area (Å²) >= 11 is 5.87. The number of ether oxygens (including phenoxy) is 1. The van der Waals surface area contributed by atoms with Gasteiger partial charge < -0.3 is 9.64 Å². The number of nitrogens with zero attached hydrogens (tertiary/aromatic N) is 3. The Labute approximate surface area is 164 Å². The highest BCUT2D eigenvalue weighted by molar-refractivity contribution is 6.30. The number of pyridine rings is 1. The number of rotatable bonds is 2. The van der Waals surface area contributed by atoms with Crippen molar-refractivity contribution >= 4 is 17.4 Å². The number of alkyl halides is 7. The molecule has 0 saturated heterocycles. The van der Waals surface area contributed by atoms with E-state index >= 15 is 0 Å². The fourth-order valence-corrected chi connectivity index (χ4v) is 4.08. The Morgan fingerprint density at radius 1 is 1.21 bits per heavy atom. The molecule has 0 saturated carbocycles. The quantitative estimate of drug-likeness (QED) is 0.473. The lowest BCUT2D eigenvalue weighted by Crippen LogP contribution is -2.40. The maximum atomic E-state index is 14.4. The van der Waals surface area contributed by atoms with Gasteiger partial charge in [0, 0.05) is 18.8 Å². The number of amidine groups is 1. The van der Waals surface area contributed by atoms with Crippen LogP contribution in [0.2, 0.25) is 5.15 Å². The van der Waals surface area contributed by atoms with Gasteiger partial charge in [0.25, 0.3) is 5.92 Å². The highest BCUT2D eigenvalue weighted by Gasteiger charge is 2.54. The summed E-state index contributed by atoms with van der Waals surface area (Å²) < 4.78 is 98.2. The highest BCUT2D eigenvalue weighted by Crippen LogP contribution is 2.53. The standard InChI is InChI=1S/C17H11ClF7N3O/c18-12-11-9(1-4-26-12)15(2-3-16(11,21)22)7-28-6-8(17(23,24)25)5-10(13(28)27-15)29-14(19)20/h1,4-6,14H,2-3,7H2/t15-/m1/s1. The molecule has 0 bridgehead atoms. The Morgan fingerprint density at radius 2 is 1.93 bits per heavy atom. The number of allylic oxidation sites excluding steroid dienone is 2. The second-order valence-corrected chi connectivity index (χ2v) is 7.15. The van der Waals surface area contributed by atoms with E-state index in [0.29, 0.717) is 12.3 Å². The zero-order chi connectivity index (χ0) is 21.2. The van der Waals surface area contributed by atoms with E-state index in [0.717, 1.165) is 4.90 Å². The molecule has 0 radical (unpaired) electrons. The second kappa shape index (κ2) is 6.35. The van der Waals surface area contributed by atoms with Gasteiger partial charge in [0.05, 0.1) is 17.7 Å². The molecule has 29 heavy (non-hydrogen) atoms. The van der Waals surface area contributed by atoms with Crippen LogP contribution in [0.5, 0.6) is 0 Å². The van der Waals surface area contributed by atoms with Crippen LogP contribution in [-0.4, -0.2) is 35.1 Å². The molecule has 12 heteroatoms. The first kappa shape index (κ1) is 20.0. The lowest BCUT2D eigenvalue weighted by molar-refractivity contribution is -0.0981. The molecule has 1 spiro atoms. The fraction of sp³-hybridized carbons (Fsp3) is 0.412. The van der Waals surface area contributed by atoms with Gasteiger partial charge in [-0.1, -0.05) is 11.6 Å².